The molecule has 5 heteroatoms. The van der Waals surface area contributed by atoms with Gasteiger partial charge < -0.3 is 5.32 Å². The molecule has 0 saturated heterocycles. The minimum atomic E-state index is -0.455. The summed E-state index contributed by atoms with van der Waals surface area (Å²) in [6.07, 6.45) is 1.26. The molecule has 0 spiro atoms. The number of aromatic nitrogens is 1. The number of fused-ring (bicyclic) bond motifs is 1. The van der Waals surface area contributed by atoms with E-state index in [0.717, 1.165) is 5.56 Å². The van der Waals surface area contributed by atoms with E-state index in [1.54, 1.807) is 6.07 Å². The van der Waals surface area contributed by atoms with Crippen LogP contribution in [0.2, 0.25) is 0 Å². The molecule has 3 rings (SSSR count). The predicted octanol–water partition coefficient (Wildman–Crippen LogP) is 4.32. The van der Waals surface area contributed by atoms with Crippen molar-refractivity contribution in [1.29, 1.82) is 0 Å². The van der Waals surface area contributed by atoms with Crippen molar-refractivity contribution in [2.75, 3.05) is 5.32 Å². The zero-order valence-corrected chi connectivity index (χ0v) is 12.1. The second kappa shape index (κ2) is 5.81. The monoisotopic (exact) mass is 293 g/mol. The van der Waals surface area contributed by atoms with Gasteiger partial charge in [-0.25, -0.2) is 4.98 Å². The van der Waals surface area contributed by atoms with Crippen molar-refractivity contribution >= 4 is 22.3 Å². The Balaban J connectivity index is 1.80. The highest BCUT2D eigenvalue weighted by atomic mass is 16.6. The van der Waals surface area contributed by atoms with Crippen LogP contribution in [-0.4, -0.2) is 9.91 Å². The van der Waals surface area contributed by atoms with E-state index >= 15 is 0 Å². The number of nitrogens with zero attached hydrogens (tertiary/aromatic N) is 2. The topological polar surface area (TPSA) is 68.1 Å². The van der Waals surface area contributed by atoms with E-state index in [0.29, 0.717) is 5.82 Å². The summed E-state index contributed by atoms with van der Waals surface area (Å²) in [5.41, 5.74) is 1.13. The maximum absolute atomic E-state index is 10.6. The van der Waals surface area contributed by atoms with Crippen LogP contribution in [0.1, 0.15) is 18.5 Å². The van der Waals surface area contributed by atoms with Gasteiger partial charge in [0.05, 0.1) is 4.92 Å². The molecule has 0 fully saturated rings. The minimum absolute atomic E-state index is 0.0103. The fraction of sp³-hybridized carbons (Fsp3) is 0.118. The SMILES string of the molecule is CC(Nc1ccc([N+](=O)[O-])cn1)c1ccc2ccccc2c1. The van der Waals surface area contributed by atoms with E-state index in [4.69, 9.17) is 0 Å². The van der Waals surface area contributed by atoms with Crippen LogP contribution < -0.4 is 5.32 Å². The molecule has 0 aliphatic rings. The average Bonchev–Trinajstić information content (AvgIpc) is 2.55. The molecule has 1 unspecified atom stereocenters. The van der Waals surface area contributed by atoms with Crippen molar-refractivity contribution in [1.82, 2.24) is 4.98 Å². The summed E-state index contributed by atoms with van der Waals surface area (Å²) in [4.78, 5) is 14.2. The Hall–Kier alpha value is -2.95. The number of rotatable bonds is 4. The molecule has 3 aromatic rings. The molecule has 0 amide bonds. The Morgan fingerprint density at radius 3 is 2.55 bits per heavy atom. The summed E-state index contributed by atoms with van der Waals surface area (Å²) in [5.74, 6) is 0.617. The molecule has 22 heavy (non-hydrogen) atoms. The summed E-state index contributed by atoms with van der Waals surface area (Å²) in [6.45, 7) is 2.03. The van der Waals surface area contributed by atoms with Crippen LogP contribution in [0.15, 0.2) is 60.8 Å². The molecule has 0 aliphatic heterocycles. The van der Waals surface area contributed by atoms with Gasteiger partial charge in [-0.3, -0.25) is 10.1 Å². The molecule has 1 N–H and O–H groups in total. The molecule has 5 nitrogen and oxygen atoms in total. The predicted molar refractivity (Wildman–Crippen MR) is 86.9 cm³/mol. The van der Waals surface area contributed by atoms with Crippen molar-refractivity contribution < 1.29 is 4.92 Å². The van der Waals surface area contributed by atoms with Gasteiger partial charge in [0.25, 0.3) is 5.69 Å². The Labute approximate surface area is 127 Å². The zero-order chi connectivity index (χ0) is 15.5. The van der Waals surface area contributed by atoms with E-state index in [2.05, 4.69) is 40.6 Å². The first kappa shape index (κ1) is 14.0. The van der Waals surface area contributed by atoms with Crippen LogP contribution in [0.5, 0.6) is 0 Å². The molecule has 1 heterocycles. The highest BCUT2D eigenvalue weighted by Gasteiger charge is 2.09. The van der Waals surface area contributed by atoms with Gasteiger partial charge in [0, 0.05) is 12.1 Å². The quantitative estimate of drug-likeness (QED) is 0.574. The lowest BCUT2D eigenvalue weighted by molar-refractivity contribution is -0.385. The molecule has 0 saturated carbocycles. The minimum Gasteiger partial charge on any atom is -0.364 e. The number of nitrogens with one attached hydrogen (secondary N) is 1. The molecular formula is C17H15N3O2. The van der Waals surface area contributed by atoms with Gasteiger partial charge in [-0.1, -0.05) is 36.4 Å². The first-order valence-corrected chi connectivity index (χ1v) is 6.99. The smallest absolute Gasteiger partial charge is 0.287 e. The number of hydrogen-bond donors (Lipinski definition) is 1. The standard InChI is InChI=1S/C17H15N3O2/c1-12(19-17-9-8-16(11-18-17)20(21)22)14-7-6-13-4-2-3-5-15(13)10-14/h2-12H,1H3,(H,18,19). The second-order valence-electron chi connectivity index (χ2n) is 5.13. The second-order valence-corrected chi connectivity index (χ2v) is 5.13. The lowest BCUT2D eigenvalue weighted by Gasteiger charge is -2.15. The third-order valence-corrected chi connectivity index (χ3v) is 3.60. The summed E-state index contributed by atoms with van der Waals surface area (Å²) >= 11 is 0. The van der Waals surface area contributed by atoms with E-state index < -0.39 is 4.92 Å². The summed E-state index contributed by atoms with van der Waals surface area (Å²) in [6, 6.07) is 17.6. The molecule has 0 aliphatic carbocycles. The normalized spacial score (nSPS) is 12.0. The van der Waals surface area contributed by atoms with Crippen molar-refractivity contribution in [2.24, 2.45) is 0 Å². The van der Waals surface area contributed by atoms with Crippen LogP contribution in [0, 0.1) is 10.1 Å². The molecular weight excluding hydrogens is 278 g/mol. The molecule has 1 atom stereocenters. The van der Waals surface area contributed by atoms with Gasteiger partial charge in [-0.15, -0.1) is 0 Å². The molecule has 0 radical (unpaired) electrons. The largest absolute Gasteiger partial charge is 0.364 e. The van der Waals surface area contributed by atoms with E-state index in [9.17, 15) is 10.1 Å². The Morgan fingerprint density at radius 2 is 1.86 bits per heavy atom. The Kier molecular flexibility index (Phi) is 3.70. The number of benzene rings is 2. The van der Waals surface area contributed by atoms with Crippen molar-refractivity contribution in [3.8, 4) is 0 Å². The Morgan fingerprint density at radius 1 is 1.09 bits per heavy atom. The highest BCUT2D eigenvalue weighted by molar-refractivity contribution is 5.83. The average molecular weight is 293 g/mol. The third-order valence-electron chi connectivity index (χ3n) is 3.60. The van der Waals surface area contributed by atoms with Gasteiger partial charge in [0.1, 0.15) is 12.0 Å². The van der Waals surface area contributed by atoms with Crippen LogP contribution in [0.4, 0.5) is 11.5 Å². The van der Waals surface area contributed by atoms with Gasteiger partial charge in [0.15, 0.2) is 0 Å². The molecule has 2 aromatic carbocycles. The molecule has 110 valence electrons. The first-order valence-electron chi connectivity index (χ1n) is 6.99. The highest BCUT2D eigenvalue weighted by Crippen LogP contribution is 2.23. The van der Waals surface area contributed by atoms with Gasteiger partial charge in [-0.05, 0) is 35.4 Å². The zero-order valence-electron chi connectivity index (χ0n) is 12.1. The summed E-state index contributed by atoms with van der Waals surface area (Å²) < 4.78 is 0. The molecule has 0 bridgehead atoms. The number of nitro groups is 1. The Bertz CT molecular complexity index is 816. The summed E-state index contributed by atoms with van der Waals surface area (Å²) in [5, 5.41) is 16.3. The van der Waals surface area contributed by atoms with Gasteiger partial charge >= 0.3 is 0 Å². The van der Waals surface area contributed by atoms with Crippen molar-refractivity contribution in [2.45, 2.75) is 13.0 Å². The van der Waals surface area contributed by atoms with E-state index in [1.165, 1.54) is 23.0 Å². The van der Waals surface area contributed by atoms with Crippen molar-refractivity contribution in [3.63, 3.8) is 0 Å². The fourth-order valence-corrected chi connectivity index (χ4v) is 2.36. The first-order chi connectivity index (χ1) is 10.6. The lowest BCUT2D eigenvalue weighted by Crippen LogP contribution is -2.07. The van der Waals surface area contributed by atoms with Crippen LogP contribution in [-0.2, 0) is 0 Å². The number of hydrogen-bond acceptors (Lipinski definition) is 4. The van der Waals surface area contributed by atoms with E-state index in [-0.39, 0.29) is 11.7 Å². The van der Waals surface area contributed by atoms with Crippen LogP contribution >= 0.6 is 0 Å². The van der Waals surface area contributed by atoms with Gasteiger partial charge in [-0.2, -0.15) is 0 Å². The van der Waals surface area contributed by atoms with Gasteiger partial charge in [0.2, 0.25) is 0 Å². The summed E-state index contributed by atoms with van der Waals surface area (Å²) in [7, 11) is 0. The van der Waals surface area contributed by atoms with Crippen LogP contribution in [0.3, 0.4) is 0 Å². The number of pyridine rings is 1. The van der Waals surface area contributed by atoms with Crippen LogP contribution in [0.25, 0.3) is 10.8 Å². The molecule has 1 aromatic heterocycles. The van der Waals surface area contributed by atoms with E-state index in [1.807, 2.05) is 19.1 Å². The third kappa shape index (κ3) is 2.88. The van der Waals surface area contributed by atoms with Crippen molar-refractivity contribution in [3.05, 3.63) is 76.5 Å². The number of anilines is 1. The maximum atomic E-state index is 10.6. The fourth-order valence-electron chi connectivity index (χ4n) is 2.36. The lowest BCUT2D eigenvalue weighted by atomic mass is 10.0. The maximum Gasteiger partial charge on any atom is 0.287 e.